The number of hydrogen-bond acceptors (Lipinski definition) is 5. The number of amides is 1. The van der Waals surface area contributed by atoms with Crippen LogP contribution in [0.25, 0.3) is 0 Å². The van der Waals surface area contributed by atoms with E-state index in [-0.39, 0.29) is 18.3 Å². The van der Waals surface area contributed by atoms with Crippen molar-refractivity contribution in [3.05, 3.63) is 78.4 Å². The zero-order valence-electron chi connectivity index (χ0n) is 18.6. The largest absolute Gasteiger partial charge is 0.452 e. The number of esters is 1. The van der Waals surface area contributed by atoms with E-state index in [1.807, 2.05) is 42.5 Å². The lowest BCUT2D eigenvalue weighted by Crippen LogP contribution is -2.43. The van der Waals surface area contributed by atoms with E-state index in [0.29, 0.717) is 13.1 Å². The molecule has 0 aromatic heterocycles. The molecule has 2 heterocycles. The Hall–Kier alpha value is -3.25. The Labute approximate surface area is 198 Å². The Bertz CT molecular complexity index is 1150. The number of anilines is 3. The SMILES string of the molecule is C[C@H](OC(=O)CCN1c2ccccc2Sc2ccccc21)C(=O)N1CCCc2ccccc21. The number of carbonyl (C=O) groups excluding carboxylic acids is 2. The lowest BCUT2D eigenvalue weighted by atomic mass is 10.0. The van der Waals surface area contributed by atoms with Gasteiger partial charge in [-0.2, -0.15) is 0 Å². The summed E-state index contributed by atoms with van der Waals surface area (Å²) in [7, 11) is 0. The van der Waals surface area contributed by atoms with Gasteiger partial charge in [0.05, 0.1) is 17.8 Å². The van der Waals surface area contributed by atoms with Crippen LogP contribution in [0.4, 0.5) is 17.1 Å². The molecule has 33 heavy (non-hydrogen) atoms. The zero-order valence-corrected chi connectivity index (χ0v) is 19.4. The molecular weight excluding hydrogens is 432 g/mol. The fourth-order valence-corrected chi connectivity index (χ4v) is 5.61. The van der Waals surface area contributed by atoms with Crippen LogP contribution in [-0.2, 0) is 20.7 Å². The molecule has 0 saturated carbocycles. The van der Waals surface area contributed by atoms with Crippen molar-refractivity contribution in [2.45, 2.75) is 42.1 Å². The van der Waals surface area contributed by atoms with Crippen molar-refractivity contribution in [3.63, 3.8) is 0 Å². The summed E-state index contributed by atoms with van der Waals surface area (Å²) in [5.41, 5.74) is 4.26. The summed E-state index contributed by atoms with van der Waals surface area (Å²) in [6.45, 7) is 2.80. The van der Waals surface area contributed by atoms with Gasteiger partial charge >= 0.3 is 5.97 Å². The van der Waals surface area contributed by atoms with Gasteiger partial charge in [0.2, 0.25) is 0 Å². The summed E-state index contributed by atoms with van der Waals surface area (Å²) in [4.78, 5) is 32.0. The maximum Gasteiger partial charge on any atom is 0.308 e. The molecule has 0 radical (unpaired) electrons. The Morgan fingerprint density at radius 3 is 2.21 bits per heavy atom. The van der Waals surface area contributed by atoms with Crippen LogP contribution in [0, 0.1) is 0 Å². The third-order valence-electron chi connectivity index (χ3n) is 6.10. The monoisotopic (exact) mass is 458 g/mol. The topological polar surface area (TPSA) is 49.9 Å². The smallest absolute Gasteiger partial charge is 0.308 e. The van der Waals surface area contributed by atoms with Gasteiger partial charge in [0.15, 0.2) is 6.10 Å². The molecule has 0 N–H and O–H groups in total. The molecule has 5 nitrogen and oxygen atoms in total. The third-order valence-corrected chi connectivity index (χ3v) is 7.23. The molecule has 168 valence electrons. The van der Waals surface area contributed by atoms with E-state index in [1.54, 1.807) is 23.6 Å². The Morgan fingerprint density at radius 1 is 0.909 bits per heavy atom. The lowest BCUT2D eigenvalue weighted by Gasteiger charge is -2.33. The molecule has 0 saturated heterocycles. The second-order valence-electron chi connectivity index (χ2n) is 8.29. The molecular formula is C27H26N2O3S. The van der Waals surface area contributed by atoms with Crippen molar-refractivity contribution in [1.29, 1.82) is 0 Å². The normalized spacial score (nSPS) is 15.2. The van der Waals surface area contributed by atoms with Gasteiger partial charge in [0, 0.05) is 28.6 Å². The van der Waals surface area contributed by atoms with Crippen LogP contribution in [0.15, 0.2) is 82.6 Å². The van der Waals surface area contributed by atoms with E-state index in [2.05, 4.69) is 35.2 Å². The summed E-state index contributed by atoms with van der Waals surface area (Å²) in [6, 6.07) is 24.4. The number of para-hydroxylation sites is 3. The van der Waals surface area contributed by atoms with Crippen molar-refractivity contribution in [2.24, 2.45) is 0 Å². The van der Waals surface area contributed by atoms with E-state index in [4.69, 9.17) is 4.74 Å². The summed E-state index contributed by atoms with van der Waals surface area (Å²) in [5, 5.41) is 0. The van der Waals surface area contributed by atoms with Crippen molar-refractivity contribution in [2.75, 3.05) is 22.9 Å². The number of nitrogens with zero attached hydrogens (tertiary/aromatic N) is 2. The highest BCUT2D eigenvalue weighted by atomic mass is 32.2. The molecule has 0 unspecified atom stereocenters. The minimum Gasteiger partial charge on any atom is -0.452 e. The minimum absolute atomic E-state index is 0.166. The molecule has 1 amide bonds. The number of aryl methyl sites for hydroxylation is 1. The summed E-state index contributed by atoms with van der Waals surface area (Å²) < 4.78 is 5.59. The predicted octanol–water partition coefficient (Wildman–Crippen LogP) is 5.59. The average Bonchev–Trinajstić information content (AvgIpc) is 2.85. The van der Waals surface area contributed by atoms with Crippen molar-refractivity contribution in [1.82, 2.24) is 0 Å². The predicted molar refractivity (Wildman–Crippen MR) is 131 cm³/mol. The van der Waals surface area contributed by atoms with Crippen LogP contribution < -0.4 is 9.80 Å². The molecule has 3 aromatic carbocycles. The molecule has 6 heteroatoms. The maximum absolute atomic E-state index is 13.1. The first-order valence-corrected chi connectivity index (χ1v) is 12.2. The number of hydrogen-bond donors (Lipinski definition) is 0. The van der Waals surface area contributed by atoms with Crippen LogP contribution in [0.3, 0.4) is 0 Å². The summed E-state index contributed by atoms with van der Waals surface area (Å²) >= 11 is 1.74. The highest BCUT2D eigenvalue weighted by Gasteiger charge is 2.29. The fraction of sp³-hybridized carbons (Fsp3) is 0.259. The van der Waals surface area contributed by atoms with Crippen LogP contribution in [0.2, 0.25) is 0 Å². The van der Waals surface area contributed by atoms with Crippen molar-refractivity contribution < 1.29 is 14.3 Å². The number of benzene rings is 3. The van der Waals surface area contributed by atoms with Crippen LogP contribution in [0.5, 0.6) is 0 Å². The molecule has 0 bridgehead atoms. The zero-order chi connectivity index (χ0) is 22.8. The Morgan fingerprint density at radius 2 is 1.52 bits per heavy atom. The van der Waals surface area contributed by atoms with E-state index in [1.165, 1.54) is 0 Å². The number of ether oxygens (including phenoxy) is 1. The molecule has 2 aliphatic heterocycles. The number of rotatable bonds is 5. The molecule has 0 aliphatic carbocycles. The first-order chi connectivity index (χ1) is 16.1. The van der Waals surface area contributed by atoms with Crippen molar-refractivity contribution >= 4 is 40.7 Å². The third kappa shape index (κ3) is 4.35. The van der Waals surface area contributed by atoms with Crippen LogP contribution >= 0.6 is 11.8 Å². The highest BCUT2D eigenvalue weighted by molar-refractivity contribution is 7.99. The van der Waals surface area contributed by atoms with Gasteiger partial charge in [0.25, 0.3) is 5.91 Å². The van der Waals surface area contributed by atoms with Gasteiger partial charge in [-0.1, -0.05) is 54.2 Å². The number of fused-ring (bicyclic) bond motifs is 3. The summed E-state index contributed by atoms with van der Waals surface area (Å²) in [5.74, 6) is -0.533. The Kier molecular flexibility index (Phi) is 6.09. The van der Waals surface area contributed by atoms with Crippen molar-refractivity contribution in [3.8, 4) is 0 Å². The quantitative estimate of drug-likeness (QED) is 0.467. The van der Waals surface area contributed by atoms with Crippen LogP contribution in [-0.4, -0.2) is 31.1 Å². The second kappa shape index (κ2) is 9.32. The average molecular weight is 459 g/mol. The first-order valence-electron chi connectivity index (χ1n) is 11.3. The lowest BCUT2D eigenvalue weighted by molar-refractivity contribution is -0.153. The second-order valence-corrected chi connectivity index (χ2v) is 9.38. The van der Waals surface area contributed by atoms with Gasteiger partial charge in [-0.25, -0.2) is 0 Å². The molecule has 1 atom stereocenters. The molecule has 5 rings (SSSR count). The first kappa shape index (κ1) is 21.6. The Balaban J connectivity index is 1.25. The molecule has 3 aromatic rings. The van der Waals surface area contributed by atoms with Gasteiger partial charge in [0.1, 0.15) is 0 Å². The van der Waals surface area contributed by atoms with Gasteiger partial charge in [-0.3, -0.25) is 9.59 Å². The summed E-state index contributed by atoms with van der Waals surface area (Å²) in [6.07, 6.45) is 1.25. The van der Waals surface area contributed by atoms with Gasteiger partial charge < -0.3 is 14.5 Å². The molecule has 2 aliphatic rings. The van der Waals surface area contributed by atoms with E-state index < -0.39 is 6.10 Å². The fourth-order valence-electron chi connectivity index (χ4n) is 4.51. The van der Waals surface area contributed by atoms with Crippen LogP contribution in [0.1, 0.15) is 25.3 Å². The molecule has 0 fully saturated rings. The maximum atomic E-state index is 13.1. The minimum atomic E-state index is -0.819. The van der Waals surface area contributed by atoms with E-state index >= 15 is 0 Å². The standard InChI is InChI=1S/C27H26N2O3S/c1-19(27(31)29-17-8-10-20-9-2-3-11-21(20)29)32-26(30)16-18-28-22-12-4-6-14-24(22)33-25-15-7-5-13-23(25)28/h2-7,9,11-15,19H,8,10,16-18H2,1H3/t19-/m0/s1. The number of carbonyl (C=O) groups is 2. The van der Waals surface area contributed by atoms with Gasteiger partial charge in [-0.15, -0.1) is 0 Å². The molecule has 0 spiro atoms. The van der Waals surface area contributed by atoms with Gasteiger partial charge in [-0.05, 0) is 55.7 Å². The highest BCUT2D eigenvalue weighted by Crippen LogP contribution is 2.47. The van der Waals surface area contributed by atoms with E-state index in [9.17, 15) is 9.59 Å². The van der Waals surface area contributed by atoms with E-state index in [0.717, 1.165) is 45.3 Å².